The van der Waals surface area contributed by atoms with E-state index in [0.717, 1.165) is 0 Å². The van der Waals surface area contributed by atoms with Gasteiger partial charge in [-0.3, -0.25) is 9.78 Å². The predicted octanol–water partition coefficient (Wildman–Crippen LogP) is 1.26. The summed E-state index contributed by atoms with van der Waals surface area (Å²) >= 11 is 0. The number of pyridine rings is 2. The largest absolute Gasteiger partial charge is 0.477 e. The number of nitrogens with one attached hydrogen (secondary N) is 1. The van der Waals surface area contributed by atoms with Gasteiger partial charge < -0.3 is 14.8 Å². The Morgan fingerprint density at radius 2 is 2.18 bits per heavy atom. The Morgan fingerprint density at radius 1 is 1.35 bits per heavy atom. The van der Waals surface area contributed by atoms with Crippen LogP contribution in [0.15, 0.2) is 41.6 Å². The SMILES string of the molecule is O=C(O)c1cnccc1Oc1ccc(=O)[nH]c1. The van der Waals surface area contributed by atoms with E-state index in [1.165, 1.54) is 36.8 Å². The maximum absolute atomic E-state index is 10.9. The van der Waals surface area contributed by atoms with Crippen LogP contribution in [-0.2, 0) is 0 Å². The lowest BCUT2D eigenvalue weighted by Gasteiger charge is -2.07. The van der Waals surface area contributed by atoms with Gasteiger partial charge in [-0.15, -0.1) is 0 Å². The Hall–Kier alpha value is -2.63. The summed E-state index contributed by atoms with van der Waals surface area (Å²) in [7, 11) is 0. The Balaban J connectivity index is 2.33. The fraction of sp³-hybridized carbons (Fsp3) is 0. The molecule has 6 nitrogen and oxygen atoms in total. The van der Waals surface area contributed by atoms with Crippen molar-refractivity contribution in [3.63, 3.8) is 0 Å². The van der Waals surface area contributed by atoms with Crippen LogP contribution in [0.2, 0.25) is 0 Å². The number of ether oxygens (including phenoxy) is 1. The first-order valence-electron chi connectivity index (χ1n) is 4.71. The smallest absolute Gasteiger partial charge is 0.341 e. The minimum atomic E-state index is -1.13. The van der Waals surface area contributed by atoms with Crippen molar-refractivity contribution in [2.45, 2.75) is 0 Å². The van der Waals surface area contributed by atoms with Crippen molar-refractivity contribution in [1.82, 2.24) is 9.97 Å². The molecule has 17 heavy (non-hydrogen) atoms. The molecule has 0 radical (unpaired) electrons. The fourth-order valence-corrected chi connectivity index (χ4v) is 1.22. The molecule has 0 bridgehead atoms. The molecule has 2 rings (SSSR count). The number of hydrogen-bond acceptors (Lipinski definition) is 4. The van der Waals surface area contributed by atoms with Gasteiger partial charge in [0.15, 0.2) is 0 Å². The van der Waals surface area contributed by atoms with Crippen LogP contribution in [0.4, 0.5) is 0 Å². The van der Waals surface area contributed by atoms with Crippen LogP contribution in [0.3, 0.4) is 0 Å². The number of carboxylic acids is 1. The molecule has 0 aliphatic rings. The molecule has 0 atom stereocenters. The van der Waals surface area contributed by atoms with Crippen LogP contribution in [0.25, 0.3) is 0 Å². The van der Waals surface area contributed by atoms with E-state index in [9.17, 15) is 9.59 Å². The van der Waals surface area contributed by atoms with E-state index in [4.69, 9.17) is 9.84 Å². The zero-order valence-electron chi connectivity index (χ0n) is 8.58. The van der Waals surface area contributed by atoms with Crippen LogP contribution < -0.4 is 10.3 Å². The van der Waals surface area contributed by atoms with Crippen LogP contribution in [0.1, 0.15) is 10.4 Å². The summed E-state index contributed by atoms with van der Waals surface area (Å²) < 4.78 is 5.33. The molecule has 0 fully saturated rings. The molecule has 2 N–H and O–H groups in total. The van der Waals surface area contributed by atoms with Crippen molar-refractivity contribution < 1.29 is 14.6 Å². The van der Waals surface area contributed by atoms with E-state index in [2.05, 4.69) is 9.97 Å². The summed E-state index contributed by atoms with van der Waals surface area (Å²) in [6.07, 6.45) is 3.98. The van der Waals surface area contributed by atoms with Gasteiger partial charge in [-0.05, 0) is 6.07 Å². The van der Waals surface area contributed by atoms with Crippen LogP contribution in [0.5, 0.6) is 11.5 Å². The molecule has 2 aromatic rings. The monoisotopic (exact) mass is 232 g/mol. The second-order valence-corrected chi connectivity index (χ2v) is 3.17. The first-order valence-corrected chi connectivity index (χ1v) is 4.71. The molecule has 86 valence electrons. The topological polar surface area (TPSA) is 92.3 Å². The number of hydrogen-bond donors (Lipinski definition) is 2. The molecule has 0 aliphatic carbocycles. The van der Waals surface area contributed by atoms with Gasteiger partial charge in [0.1, 0.15) is 17.1 Å². The lowest BCUT2D eigenvalue weighted by atomic mass is 10.2. The van der Waals surface area contributed by atoms with Crippen molar-refractivity contribution in [2.75, 3.05) is 0 Å². The minimum absolute atomic E-state index is 0.0429. The summed E-state index contributed by atoms with van der Waals surface area (Å²) in [5.41, 5.74) is -0.302. The van der Waals surface area contributed by atoms with Gasteiger partial charge in [0.2, 0.25) is 5.56 Å². The van der Waals surface area contributed by atoms with Crippen LogP contribution in [-0.4, -0.2) is 21.0 Å². The average Bonchev–Trinajstić information content (AvgIpc) is 2.32. The predicted molar refractivity (Wildman–Crippen MR) is 58.3 cm³/mol. The highest BCUT2D eigenvalue weighted by Gasteiger charge is 2.11. The molecule has 2 heterocycles. The number of rotatable bonds is 3. The lowest BCUT2D eigenvalue weighted by molar-refractivity contribution is 0.0693. The number of aromatic amines is 1. The van der Waals surface area contributed by atoms with E-state index in [1.54, 1.807) is 0 Å². The zero-order chi connectivity index (χ0) is 12.3. The van der Waals surface area contributed by atoms with Gasteiger partial charge in [0.25, 0.3) is 0 Å². The van der Waals surface area contributed by atoms with Crippen LogP contribution in [0, 0.1) is 0 Å². The lowest BCUT2D eigenvalue weighted by Crippen LogP contribution is -2.03. The number of aromatic nitrogens is 2. The third kappa shape index (κ3) is 2.49. The van der Waals surface area contributed by atoms with Gasteiger partial charge in [0, 0.05) is 30.7 Å². The van der Waals surface area contributed by atoms with E-state index >= 15 is 0 Å². The number of aromatic carboxylic acids is 1. The maximum atomic E-state index is 10.9. The summed E-state index contributed by atoms with van der Waals surface area (Å²) in [5, 5.41) is 8.91. The van der Waals surface area contributed by atoms with Crippen molar-refractivity contribution in [2.24, 2.45) is 0 Å². The normalized spacial score (nSPS) is 9.88. The van der Waals surface area contributed by atoms with E-state index in [1.807, 2.05) is 0 Å². The summed E-state index contributed by atoms with van der Waals surface area (Å²) in [6.45, 7) is 0. The average molecular weight is 232 g/mol. The highest BCUT2D eigenvalue weighted by atomic mass is 16.5. The first kappa shape index (κ1) is 10.9. The number of nitrogens with zero attached hydrogens (tertiary/aromatic N) is 1. The Bertz CT molecular complexity index is 586. The highest BCUT2D eigenvalue weighted by molar-refractivity contribution is 5.90. The molecule has 0 saturated heterocycles. The number of H-pyrrole nitrogens is 1. The standard InChI is InChI=1S/C11H8N2O4/c14-10-2-1-7(5-13-10)17-9-3-4-12-6-8(9)11(15)16/h1-6H,(H,13,14)(H,15,16). The summed E-state index contributed by atoms with van der Waals surface area (Å²) in [4.78, 5) is 27.9. The maximum Gasteiger partial charge on any atom is 0.341 e. The molecule has 0 amide bonds. The van der Waals surface area contributed by atoms with Crippen molar-refractivity contribution in [3.8, 4) is 11.5 Å². The molecule has 0 aliphatic heterocycles. The molecule has 0 saturated carbocycles. The molecule has 0 spiro atoms. The van der Waals surface area contributed by atoms with Gasteiger partial charge in [-0.1, -0.05) is 0 Å². The first-order chi connectivity index (χ1) is 8.16. The number of carboxylic acid groups (broad SMARTS) is 1. The van der Waals surface area contributed by atoms with Crippen LogP contribution >= 0.6 is 0 Å². The van der Waals surface area contributed by atoms with E-state index < -0.39 is 5.97 Å². The molecular weight excluding hydrogens is 224 g/mol. The van der Waals surface area contributed by atoms with Crippen molar-refractivity contribution in [3.05, 3.63) is 52.7 Å². The van der Waals surface area contributed by atoms with E-state index in [-0.39, 0.29) is 16.9 Å². The molecule has 0 unspecified atom stereocenters. The second kappa shape index (κ2) is 4.48. The highest BCUT2D eigenvalue weighted by Crippen LogP contribution is 2.23. The zero-order valence-corrected chi connectivity index (χ0v) is 8.58. The Morgan fingerprint density at radius 3 is 2.82 bits per heavy atom. The van der Waals surface area contributed by atoms with Gasteiger partial charge in [0.05, 0.1) is 0 Å². The third-order valence-corrected chi connectivity index (χ3v) is 1.99. The molecule has 2 aromatic heterocycles. The summed E-state index contributed by atoms with van der Waals surface area (Å²) in [5.74, 6) is -0.615. The fourth-order valence-electron chi connectivity index (χ4n) is 1.22. The third-order valence-electron chi connectivity index (χ3n) is 1.99. The van der Waals surface area contributed by atoms with Crippen molar-refractivity contribution >= 4 is 5.97 Å². The molecule has 6 heteroatoms. The quantitative estimate of drug-likeness (QED) is 0.831. The van der Waals surface area contributed by atoms with E-state index in [0.29, 0.717) is 5.75 Å². The molecule has 0 aromatic carbocycles. The minimum Gasteiger partial charge on any atom is -0.477 e. The Labute approximate surface area is 95.5 Å². The second-order valence-electron chi connectivity index (χ2n) is 3.17. The van der Waals surface area contributed by atoms with Gasteiger partial charge in [-0.25, -0.2) is 4.79 Å². The summed E-state index contributed by atoms with van der Waals surface area (Å²) in [6, 6.07) is 4.18. The van der Waals surface area contributed by atoms with Gasteiger partial charge in [-0.2, -0.15) is 0 Å². The number of carbonyl (C=O) groups is 1. The Kier molecular flexibility index (Phi) is 2.87. The van der Waals surface area contributed by atoms with Crippen molar-refractivity contribution in [1.29, 1.82) is 0 Å². The molecular formula is C11H8N2O4. The van der Waals surface area contributed by atoms with Gasteiger partial charge >= 0.3 is 5.97 Å².